The largest absolute Gasteiger partial charge is 0.477 e. The van der Waals surface area contributed by atoms with E-state index in [4.69, 9.17) is 10.8 Å². The van der Waals surface area contributed by atoms with Crippen LogP contribution in [-0.4, -0.2) is 17.3 Å². The van der Waals surface area contributed by atoms with Crippen LogP contribution in [0.3, 0.4) is 0 Å². The molecule has 0 rings (SSSR count). The molecule has 0 unspecified atom stereocenters. The van der Waals surface area contributed by atoms with Gasteiger partial charge in [-0.2, -0.15) is 13.2 Å². The number of carboxylic acid groups (broad SMARTS) is 1. The molecule has 0 saturated carbocycles. The minimum absolute atomic E-state index is 0.501. The number of carboxylic acids is 1. The number of aliphatic carboxylic acids is 1. The third-order valence-electron chi connectivity index (χ3n) is 1.01. The van der Waals surface area contributed by atoms with E-state index in [9.17, 15) is 18.0 Å². The highest BCUT2D eigenvalue weighted by atomic mass is 19.4. The van der Waals surface area contributed by atoms with Gasteiger partial charge in [-0.15, -0.1) is 0 Å². The molecular weight excluding hydrogens is 187 g/mol. The molecule has 0 amide bonds. The molecule has 0 radical (unpaired) electrons. The summed E-state index contributed by atoms with van der Waals surface area (Å²) in [6.45, 7) is 0. The molecule has 13 heavy (non-hydrogen) atoms. The summed E-state index contributed by atoms with van der Waals surface area (Å²) in [4.78, 5) is 10.0. The second-order valence-corrected chi connectivity index (χ2v) is 2.17. The maximum atomic E-state index is 11.5. The fourth-order valence-electron chi connectivity index (χ4n) is 0.445. The van der Waals surface area contributed by atoms with Gasteiger partial charge in [-0.25, -0.2) is 4.79 Å². The molecule has 0 spiro atoms. The van der Waals surface area contributed by atoms with E-state index in [1.165, 1.54) is 0 Å². The van der Waals surface area contributed by atoms with Gasteiger partial charge >= 0.3 is 12.1 Å². The Hall–Kier alpha value is -1.46. The van der Waals surface area contributed by atoms with E-state index in [1.54, 1.807) is 0 Å². The molecule has 0 aliphatic heterocycles. The van der Waals surface area contributed by atoms with Crippen LogP contribution in [0.5, 0.6) is 0 Å². The molecule has 0 aromatic rings. The van der Waals surface area contributed by atoms with Crippen LogP contribution in [0, 0.1) is 0 Å². The van der Waals surface area contributed by atoms with Gasteiger partial charge in [0.2, 0.25) is 0 Å². The summed E-state index contributed by atoms with van der Waals surface area (Å²) < 4.78 is 34.6. The van der Waals surface area contributed by atoms with Crippen LogP contribution < -0.4 is 5.73 Å². The van der Waals surface area contributed by atoms with Crippen molar-refractivity contribution in [2.24, 2.45) is 5.73 Å². The third kappa shape index (κ3) is 6.92. The van der Waals surface area contributed by atoms with Crippen molar-refractivity contribution in [1.29, 1.82) is 0 Å². The molecule has 0 aliphatic rings. The summed E-state index contributed by atoms with van der Waals surface area (Å²) in [5, 5.41) is 8.19. The number of hydrogen-bond acceptors (Lipinski definition) is 2. The zero-order chi connectivity index (χ0) is 10.5. The first-order valence-electron chi connectivity index (χ1n) is 3.25. The van der Waals surface area contributed by atoms with Crippen molar-refractivity contribution >= 4 is 5.97 Å². The van der Waals surface area contributed by atoms with Gasteiger partial charge in [0.25, 0.3) is 0 Å². The summed E-state index contributed by atoms with van der Waals surface area (Å²) in [5.41, 5.74) is 4.39. The van der Waals surface area contributed by atoms with Gasteiger partial charge in [0, 0.05) is 0 Å². The van der Waals surface area contributed by atoms with Gasteiger partial charge in [-0.1, -0.05) is 12.2 Å². The minimum Gasteiger partial charge on any atom is -0.477 e. The monoisotopic (exact) mass is 195 g/mol. The molecule has 0 atom stereocenters. The second-order valence-electron chi connectivity index (χ2n) is 2.17. The third-order valence-corrected chi connectivity index (χ3v) is 1.01. The summed E-state index contributed by atoms with van der Waals surface area (Å²) in [5.74, 6) is -1.36. The Bertz CT molecular complexity index is 243. The summed E-state index contributed by atoms with van der Waals surface area (Å²) in [6, 6.07) is 0. The Kier molecular flexibility index (Phi) is 4.03. The lowest BCUT2D eigenvalue weighted by molar-refractivity contribution is -0.132. The van der Waals surface area contributed by atoms with E-state index in [1.807, 2.05) is 0 Å². The molecule has 3 N–H and O–H groups in total. The molecule has 0 saturated heterocycles. The van der Waals surface area contributed by atoms with E-state index >= 15 is 0 Å². The van der Waals surface area contributed by atoms with Crippen LogP contribution in [0.1, 0.15) is 6.42 Å². The second kappa shape index (κ2) is 4.54. The van der Waals surface area contributed by atoms with Crippen LogP contribution in [-0.2, 0) is 4.79 Å². The number of carbonyl (C=O) groups is 1. The average Bonchev–Trinajstić information content (AvgIpc) is 1.95. The van der Waals surface area contributed by atoms with Gasteiger partial charge in [0.1, 0.15) is 5.70 Å². The molecule has 6 heteroatoms. The van der Waals surface area contributed by atoms with E-state index in [-0.39, 0.29) is 0 Å². The molecule has 0 bridgehead atoms. The maximum absolute atomic E-state index is 11.5. The summed E-state index contributed by atoms with van der Waals surface area (Å²) >= 11 is 0. The van der Waals surface area contributed by atoms with Crippen molar-refractivity contribution in [2.75, 3.05) is 0 Å². The lowest BCUT2D eigenvalue weighted by Crippen LogP contribution is -2.09. The number of alkyl halides is 3. The number of hydrogen-bond donors (Lipinski definition) is 2. The van der Waals surface area contributed by atoms with Crippen LogP contribution in [0.2, 0.25) is 0 Å². The Morgan fingerprint density at radius 2 is 2.00 bits per heavy atom. The Morgan fingerprint density at radius 3 is 2.38 bits per heavy atom. The van der Waals surface area contributed by atoms with Crippen molar-refractivity contribution in [2.45, 2.75) is 12.6 Å². The summed E-state index contributed by atoms with van der Waals surface area (Å²) in [7, 11) is 0. The first-order valence-corrected chi connectivity index (χ1v) is 3.25. The highest BCUT2D eigenvalue weighted by molar-refractivity contribution is 5.85. The first-order chi connectivity index (χ1) is 5.83. The molecule has 0 aromatic heterocycles. The van der Waals surface area contributed by atoms with E-state index < -0.39 is 24.3 Å². The van der Waals surface area contributed by atoms with Crippen LogP contribution in [0.25, 0.3) is 0 Å². The van der Waals surface area contributed by atoms with Crippen molar-refractivity contribution in [3.63, 3.8) is 0 Å². The van der Waals surface area contributed by atoms with Gasteiger partial charge in [-0.3, -0.25) is 0 Å². The Morgan fingerprint density at radius 1 is 1.46 bits per heavy atom. The van der Waals surface area contributed by atoms with Crippen molar-refractivity contribution in [3.05, 3.63) is 23.9 Å². The summed E-state index contributed by atoms with van der Waals surface area (Å²) in [6.07, 6.45) is -2.74. The highest BCUT2D eigenvalue weighted by Crippen LogP contribution is 2.19. The molecular formula is C7H8F3NO2. The minimum atomic E-state index is -4.28. The molecule has 0 aliphatic carbocycles. The first kappa shape index (κ1) is 11.5. The predicted molar refractivity (Wildman–Crippen MR) is 39.7 cm³/mol. The molecule has 0 heterocycles. The molecule has 0 fully saturated rings. The SMILES string of the molecule is N/C(=C\C=C/CC(F)(F)F)C(=O)O. The fourth-order valence-corrected chi connectivity index (χ4v) is 0.445. The quantitative estimate of drug-likeness (QED) is 0.528. The lowest BCUT2D eigenvalue weighted by atomic mass is 10.3. The topological polar surface area (TPSA) is 63.3 Å². The standard InChI is InChI=1S/C7H8F3NO2/c8-7(9,10)4-2-1-3-5(11)6(12)13/h1-3H,4,11H2,(H,12,13)/b2-1-,5-3-. The van der Waals surface area contributed by atoms with Crippen molar-refractivity contribution < 1.29 is 23.1 Å². The Balaban J connectivity index is 4.02. The zero-order valence-corrected chi connectivity index (χ0v) is 6.51. The average molecular weight is 195 g/mol. The lowest BCUT2D eigenvalue weighted by Gasteiger charge is -1.99. The maximum Gasteiger partial charge on any atom is 0.392 e. The van der Waals surface area contributed by atoms with Crippen molar-refractivity contribution in [1.82, 2.24) is 0 Å². The zero-order valence-electron chi connectivity index (χ0n) is 6.51. The normalized spacial score (nSPS) is 13.6. The van der Waals surface area contributed by atoms with Gasteiger partial charge < -0.3 is 10.8 Å². The van der Waals surface area contributed by atoms with Crippen LogP contribution in [0.15, 0.2) is 23.9 Å². The number of rotatable bonds is 3. The predicted octanol–water partition coefficient (Wildman–Crippen LogP) is 1.42. The van der Waals surface area contributed by atoms with Crippen LogP contribution >= 0.6 is 0 Å². The fraction of sp³-hybridized carbons (Fsp3) is 0.286. The van der Waals surface area contributed by atoms with E-state index in [2.05, 4.69) is 0 Å². The van der Waals surface area contributed by atoms with Gasteiger partial charge in [-0.05, 0) is 6.08 Å². The van der Waals surface area contributed by atoms with Gasteiger partial charge in [0.15, 0.2) is 0 Å². The highest BCUT2D eigenvalue weighted by Gasteiger charge is 2.24. The molecule has 74 valence electrons. The van der Waals surface area contributed by atoms with Gasteiger partial charge in [0.05, 0.1) is 6.42 Å². The Labute approximate surface area is 72.3 Å². The van der Waals surface area contributed by atoms with E-state index in [0.29, 0.717) is 0 Å². The molecule has 0 aromatic carbocycles. The van der Waals surface area contributed by atoms with E-state index in [0.717, 1.165) is 18.2 Å². The smallest absolute Gasteiger partial charge is 0.392 e. The number of allylic oxidation sites excluding steroid dienone is 3. The van der Waals surface area contributed by atoms with Crippen molar-refractivity contribution in [3.8, 4) is 0 Å². The number of halogens is 3. The number of nitrogens with two attached hydrogens (primary N) is 1. The molecule has 3 nitrogen and oxygen atoms in total. The van der Waals surface area contributed by atoms with Crippen LogP contribution in [0.4, 0.5) is 13.2 Å².